The molecule has 0 fully saturated rings. The summed E-state index contributed by atoms with van der Waals surface area (Å²) in [6.45, 7) is 6.71. The summed E-state index contributed by atoms with van der Waals surface area (Å²) in [5, 5.41) is 0. The maximum Gasteiger partial charge on any atom is 0.131 e. The highest BCUT2D eigenvalue weighted by atomic mass is 35.5. The maximum absolute atomic E-state index is 14.5. The predicted octanol–water partition coefficient (Wildman–Crippen LogP) is 6.61. The molecule has 0 saturated heterocycles. The molecule has 0 atom stereocenters. The lowest BCUT2D eigenvalue weighted by Gasteiger charge is -2.26. The van der Waals surface area contributed by atoms with Crippen LogP contribution in [0.3, 0.4) is 0 Å². The number of methoxy groups -OCH3 is 1. The summed E-state index contributed by atoms with van der Waals surface area (Å²) >= 11 is 6.01. The average Bonchev–Trinajstić information content (AvgIpc) is 2.55. The van der Waals surface area contributed by atoms with E-state index in [4.69, 9.17) is 16.3 Å². The Kier molecular flexibility index (Phi) is 6.28. The molecule has 24 heavy (non-hydrogen) atoms. The molecule has 2 aromatic carbocycles. The van der Waals surface area contributed by atoms with Crippen molar-refractivity contribution in [1.29, 1.82) is 0 Å². The van der Waals surface area contributed by atoms with Gasteiger partial charge in [0.2, 0.25) is 0 Å². The van der Waals surface area contributed by atoms with Crippen LogP contribution < -0.4 is 4.74 Å². The van der Waals surface area contributed by atoms with E-state index < -0.39 is 0 Å². The zero-order chi connectivity index (χ0) is 17.7. The topological polar surface area (TPSA) is 9.23 Å². The monoisotopic (exact) mass is 348 g/mol. The highest BCUT2D eigenvalue weighted by molar-refractivity contribution is 6.17. The number of halogens is 2. The van der Waals surface area contributed by atoms with Gasteiger partial charge in [0, 0.05) is 11.4 Å². The summed E-state index contributed by atoms with van der Waals surface area (Å²) in [6, 6.07) is 10.9. The Hall–Kier alpha value is -1.54. The minimum absolute atomic E-state index is 0.157. The van der Waals surface area contributed by atoms with Crippen molar-refractivity contribution >= 4 is 11.6 Å². The van der Waals surface area contributed by atoms with E-state index in [1.807, 2.05) is 12.1 Å². The molecule has 0 aromatic heterocycles. The third-order valence-electron chi connectivity index (χ3n) is 4.38. The second-order valence-corrected chi connectivity index (χ2v) is 7.33. The van der Waals surface area contributed by atoms with E-state index >= 15 is 0 Å². The first-order valence-electron chi connectivity index (χ1n) is 8.42. The SMILES string of the molecule is CCCC(C)(C)Cc1cc(CCl)ccc1-c1cc(OC)ccc1F. The number of benzene rings is 2. The third kappa shape index (κ3) is 4.51. The first-order chi connectivity index (χ1) is 11.4. The summed E-state index contributed by atoms with van der Waals surface area (Å²) in [5.74, 6) is 0.887. The number of ether oxygens (including phenoxy) is 1. The van der Waals surface area contributed by atoms with Gasteiger partial charge < -0.3 is 4.74 Å². The Balaban J connectivity index is 2.53. The van der Waals surface area contributed by atoms with Gasteiger partial charge in [0.15, 0.2) is 0 Å². The zero-order valence-corrected chi connectivity index (χ0v) is 15.7. The number of alkyl halides is 1. The van der Waals surface area contributed by atoms with Gasteiger partial charge >= 0.3 is 0 Å². The van der Waals surface area contributed by atoms with E-state index in [0.29, 0.717) is 17.2 Å². The van der Waals surface area contributed by atoms with Gasteiger partial charge in [0.1, 0.15) is 11.6 Å². The maximum atomic E-state index is 14.5. The molecule has 3 heteroatoms. The molecule has 0 radical (unpaired) electrons. The summed E-state index contributed by atoms with van der Waals surface area (Å²) in [4.78, 5) is 0. The van der Waals surface area contributed by atoms with Crippen LogP contribution in [0.2, 0.25) is 0 Å². The van der Waals surface area contributed by atoms with Crippen LogP contribution in [0.5, 0.6) is 5.75 Å². The van der Waals surface area contributed by atoms with Crippen molar-refractivity contribution in [1.82, 2.24) is 0 Å². The molecular formula is C21H26ClFO. The van der Waals surface area contributed by atoms with Crippen LogP contribution in [0, 0.1) is 11.2 Å². The fraction of sp³-hybridized carbons (Fsp3) is 0.429. The van der Waals surface area contributed by atoms with Crippen LogP contribution in [-0.4, -0.2) is 7.11 Å². The van der Waals surface area contributed by atoms with Crippen molar-refractivity contribution in [3.8, 4) is 16.9 Å². The summed E-state index contributed by atoms with van der Waals surface area (Å²) in [7, 11) is 1.60. The fourth-order valence-electron chi connectivity index (χ4n) is 3.26. The van der Waals surface area contributed by atoms with E-state index in [0.717, 1.165) is 36.0 Å². The molecule has 2 rings (SSSR count). The standard InChI is InChI=1S/C21H26ClFO/c1-5-10-21(2,3)13-16-11-15(14-22)6-8-18(16)19-12-17(24-4)7-9-20(19)23/h6-9,11-12H,5,10,13-14H2,1-4H3. The number of hydrogen-bond donors (Lipinski definition) is 0. The molecule has 0 heterocycles. The van der Waals surface area contributed by atoms with Gasteiger partial charge in [-0.05, 0) is 53.1 Å². The van der Waals surface area contributed by atoms with E-state index in [2.05, 4.69) is 26.8 Å². The molecule has 0 aliphatic carbocycles. The lowest BCUT2D eigenvalue weighted by Crippen LogP contribution is -2.15. The molecule has 0 N–H and O–H groups in total. The molecule has 0 saturated carbocycles. The smallest absolute Gasteiger partial charge is 0.131 e. The minimum Gasteiger partial charge on any atom is -0.497 e. The van der Waals surface area contributed by atoms with Gasteiger partial charge in [-0.2, -0.15) is 0 Å². The van der Waals surface area contributed by atoms with Gasteiger partial charge in [-0.3, -0.25) is 0 Å². The van der Waals surface area contributed by atoms with Crippen LogP contribution in [0.15, 0.2) is 36.4 Å². The molecule has 130 valence electrons. The summed E-state index contributed by atoms with van der Waals surface area (Å²) < 4.78 is 19.7. The third-order valence-corrected chi connectivity index (χ3v) is 4.69. The lowest BCUT2D eigenvalue weighted by atomic mass is 9.79. The van der Waals surface area contributed by atoms with Crippen molar-refractivity contribution in [2.24, 2.45) is 5.41 Å². The van der Waals surface area contributed by atoms with Gasteiger partial charge in [-0.15, -0.1) is 11.6 Å². The van der Waals surface area contributed by atoms with Crippen LogP contribution in [-0.2, 0) is 12.3 Å². The van der Waals surface area contributed by atoms with Crippen molar-refractivity contribution < 1.29 is 9.13 Å². The molecule has 0 aliphatic heterocycles. The number of rotatable bonds is 7. The molecule has 0 aliphatic rings. The molecule has 0 unspecified atom stereocenters. The zero-order valence-electron chi connectivity index (χ0n) is 15.0. The van der Waals surface area contributed by atoms with E-state index in [-0.39, 0.29) is 11.2 Å². The van der Waals surface area contributed by atoms with E-state index in [1.54, 1.807) is 19.2 Å². The lowest BCUT2D eigenvalue weighted by molar-refractivity contribution is 0.329. The van der Waals surface area contributed by atoms with Crippen LogP contribution in [0.4, 0.5) is 4.39 Å². The second-order valence-electron chi connectivity index (χ2n) is 7.06. The molecule has 2 aromatic rings. The molecule has 1 nitrogen and oxygen atoms in total. The predicted molar refractivity (Wildman–Crippen MR) is 100 cm³/mol. The van der Waals surface area contributed by atoms with Gasteiger partial charge in [0.05, 0.1) is 7.11 Å². The fourth-order valence-corrected chi connectivity index (χ4v) is 3.42. The molecule has 0 bridgehead atoms. The summed E-state index contributed by atoms with van der Waals surface area (Å²) in [5.41, 5.74) is 3.86. The Labute approximate surface area is 149 Å². The molecule has 0 spiro atoms. The minimum atomic E-state index is -0.232. The van der Waals surface area contributed by atoms with Crippen molar-refractivity contribution in [3.05, 3.63) is 53.3 Å². The second kappa shape index (κ2) is 8.02. The Morgan fingerprint density at radius 2 is 1.83 bits per heavy atom. The quantitative estimate of drug-likeness (QED) is 0.511. The van der Waals surface area contributed by atoms with Crippen LogP contribution in [0.1, 0.15) is 44.7 Å². The first kappa shape index (κ1) is 18.8. The molecule has 0 amide bonds. The van der Waals surface area contributed by atoms with Crippen molar-refractivity contribution in [2.45, 2.75) is 45.9 Å². The van der Waals surface area contributed by atoms with E-state index in [1.165, 1.54) is 6.07 Å². The Morgan fingerprint density at radius 3 is 2.46 bits per heavy atom. The average molecular weight is 349 g/mol. The van der Waals surface area contributed by atoms with Crippen LogP contribution in [0.25, 0.3) is 11.1 Å². The Morgan fingerprint density at radius 1 is 1.08 bits per heavy atom. The van der Waals surface area contributed by atoms with Crippen molar-refractivity contribution in [3.63, 3.8) is 0 Å². The van der Waals surface area contributed by atoms with E-state index in [9.17, 15) is 4.39 Å². The highest BCUT2D eigenvalue weighted by Gasteiger charge is 2.21. The summed E-state index contributed by atoms with van der Waals surface area (Å²) in [6.07, 6.45) is 3.14. The normalized spacial score (nSPS) is 11.6. The van der Waals surface area contributed by atoms with Gasteiger partial charge in [-0.1, -0.05) is 45.4 Å². The molecular weight excluding hydrogens is 323 g/mol. The Bertz CT molecular complexity index is 694. The first-order valence-corrected chi connectivity index (χ1v) is 8.95. The van der Waals surface area contributed by atoms with Gasteiger partial charge in [0.25, 0.3) is 0 Å². The highest BCUT2D eigenvalue weighted by Crippen LogP contribution is 2.35. The van der Waals surface area contributed by atoms with Crippen molar-refractivity contribution in [2.75, 3.05) is 7.11 Å². The largest absolute Gasteiger partial charge is 0.497 e. The number of hydrogen-bond acceptors (Lipinski definition) is 1. The van der Waals surface area contributed by atoms with Gasteiger partial charge in [-0.25, -0.2) is 4.39 Å². The van der Waals surface area contributed by atoms with Crippen LogP contribution >= 0.6 is 11.6 Å².